The van der Waals surface area contributed by atoms with E-state index in [4.69, 9.17) is 10.5 Å². The van der Waals surface area contributed by atoms with Gasteiger partial charge in [-0.2, -0.15) is 15.0 Å². The molecule has 1 aromatic heterocycles. The smallest absolute Gasteiger partial charge is 0.323 e. The Bertz CT molecular complexity index is 410. The van der Waals surface area contributed by atoms with Crippen LogP contribution in [0.3, 0.4) is 0 Å². The van der Waals surface area contributed by atoms with E-state index in [2.05, 4.69) is 45.8 Å². The van der Waals surface area contributed by atoms with Crippen molar-refractivity contribution in [1.29, 1.82) is 0 Å². The lowest BCUT2D eigenvalue weighted by molar-refractivity contribution is 0.222. The van der Waals surface area contributed by atoms with Gasteiger partial charge < -0.3 is 20.3 Å². The molecule has 0 unspecified atom stereocenters. The summed E-state index contributed by atoms with van der Waals surface area (Å²) >= 11 is 0. The fourth-order valence-electron chi connectivity index (χ4n) is 1.74. The molecule has 0 radical (unpaired) electrons. The van der Waals surface area contributed by atoms with Crippen LogP contribution in [-0.2, 0) is 0 Å². The highest BCUT2D eigenvalue weighted by atomic mass is 16.5. The summed E-state index contributed by atoms with van der Waals surface area (Å²) in [4.78, 5) is 16.8. The Morgan fingerprint density at radius 1 is 1.15 bits per heavy atom. The zero-order valence-electron chi connectivity index (χ0n) is 13.1. The van der Waals surface area contributed by atoms with Gasteiger partial charge in [0.05, 0.1) is 6.10 Å². The van der Waals surface area contributed by atoms with Crippen LogP contribution in [-0.4, -0.2) is 59.7 Å². The third-order valence-electron chi connectivity index (χ3n) is 2.66. The van der Waals surface area contributed by atoms with Crippen molar-refractivity contribution in [3.8, 4) is 6.01 Å². The lowest BCUT2D eigenvalue weighted by Gasteiger charge is -2.22. The Hall–Kier alpha value is -1.63. The van der Waals surface area contributed by atoms with Gasteiger partial charge in [-0.15, -0.1) is 0 Å². The summed E-state index contributed by atoms with van der Waals surface area (Å²) in [6.45, 7) is 8.63. The molecule has 0 fully saturated rings. The minimum Gasteiger partial charge on any atom is -0.461 e. The second kappa shape index (κ2) is 7.84. The van der Waals surface area contributed by atoms with E-state index in [1.165, 1.54) is 0 Å². The fourth-order valence-corrected chi connectivity index (χ4v) is 1.74. The summed E-state index contributed by atoms with van der Waals surface area (Å²) in [6.07, 6.45) is 1.04. The molecule has 0 atom stereocenters. The van der Waals surface area contributed by atoms with Crippen LogP contribution in [0.25, 0.3) is 0 Å². The van der Waals surface area contributed by atoms with Crippen molar-refractivity contribution in [1.82, 2.24) is 19.9 Å². The number of nitrogens with two attached hydrogens (primary N) is 1. The predicted octanol–water partition coefficient (Wildman–Crippen LogP) is 1.02. The van der Waals surface area contributed by atoms with E-state index < -0.39 is 0 Å². The maximum atomic E-state index is 5.73. The lowest BCUT2D eigenvalue weighted by atomic mass is 10.3. The first kappa shape index (κ1) is 16.4. The quantitative estimate of drug-likeness (QED) is 0.762. The Balaban J connectivity index is 2.77. The second-order valence-corrected chi connectivity index (χ2v) is 5.18. The molecule has 1 aromatic rings. The van der Waals surface area contributed by atoms with Crippen LogP contribution in [0.2, 0.25) is 0 Å². The molecule has 0 saturated carbocycles. The number of aromatic nitrogens is 3. The van der Waals surface area contributed by atoms with Gasteiger partial charge in [0.25, 0.3) is 0 Å². The highest BCUT2D eigenvalue weighted by Gasteiger charge is 2.12. The van der Waals surface area contributed by atoms with Gasteiger partial charge in [0.15, 0.2) is 0 Å². The van der Waals surface area contributed by atoms with E-state index in [1.54, 1.807) is 0 Å². The molecule has 7 heteroatoms. The number of ether oxygens (including phenoxy) is 1. The predicted molar refractivity (Wildman–Crippen MR) is 81.1 cm³/mol. The summed E-state index contributed by atoms with van der Waals surface area (Å²) in [5, 5.41) is 0. The maximum absolute atomic E-state index is 5.73. The summed E-state index contributed by atoms with van der Waals surface area (Å²) in [7, 11) is 4.12. The molecule has 7 nitrogen and oxygen atoms in total. The summed E-state index contributed by atoms with van der Waals surface area (Å²) in [5.74, 6) is 0.770. The van der Waals surface area contributed by atoms with Crippen molar-refractivity contribution >= 4 is 11.9 Å². The first-order valence-corrected chi connectivity index (χ1v) is 7.00. The van der Waals surface area contributed by atoms with Crippen molar-refractivity contribution in [2.45, 2.75) is 33.3 Å². The molecular weight excluding hydrogens is 256 g/mol. The molecule has 0 aliphatic heterocycles. The van der Waals surface area contributed by atoms with Crippen molar-refractivity contribution in [2.24, 2.45) is 0 Å². The van der Waals surface area contributed by atoms with E-state index in [9.17, 15) is 0 Å². The second-order valence-electron chi connectivity index (χ2n) is 5.18. The minimum atomic E-state index is 0.00784. The SMILES string of the molecule is CCN(CCCN(C)C)c1nc(N)nc(OC(C)C)n1. The van der Waals surface area contributed by atoms with Crippen LogP contribution in [0.15, 0.2) is 0 Å². The molecule has 0 aliphatic rings. The molecule has 0 aromatic carbocycles. The molecular formula is C13H26N6O. The van der Waals surface area contributed by atoms with Crippen molar-refractivity contribution < 1.29 is 4.74 Å². The topological polar surface area (TPSA) is 80.4 Å². The van der Waals surface area contributed by atoms with Crippen LogP contribution in [0.5, 0.6) is 6.01 Å². The highest BCUT2D eigenvalue weighted by Crippen LogP contribution is 2.14. The Labute approximate surface area is 121 Å². The van der Waals surface area contributed by atoms with E-state index in [-0.39, 0.29) is 18.1 Å². The van der Waals surface area contributed by atoms with Crippen molar-refractivity contribution in [2.75, 3.05) is 44.4 Å². The van der Waals surface area contributed by atoms with Gasteiger partial charge in [0, 0.05) is 13.1 Å². The number of anilines is 2. The van der Waals surface area contributed by atoms with Gasteiger partial charge in [-0.1, -0.05) is 0 Å². The zero-order valence-corrected chi connectivity index (χ0v) is 13.1. The summed E-state index contributed by atoms with van der Waals surface area (Å²) in [5.41, 5.74) is 5.73. The zero-order chi connectivity index (χ0) is 15.1. The Morgan fingerprint density at radius 2 is 1.85 bits per heavy atom. The molecule has 20 heavy (non-hydrogen) atoms. The van der Waals surface area contributed by atoms with Crippen molar-refractivity contribution in [3.63, 3.8) is 0 Å². The average molecular weight is 282 g/mol. The van der Waals surface area contributed by atoms with Gasteiger partial charge in [0.1, 0.15) is 0 Å². The molecule has 0 aliphatic carbocycles. The van der Waals surface area contributed by atoms with Gasteiger partial charge in [-0.05, 0) is 47.8 Å². The molecule has 2 N–H and O–H groups in total. The minimum absolute atomic E-state index is 0.00784. The van der Waals surface area contributed by atoms with E-state index in [0.29, 0.717) is 5.95 Å². The molecule has 0 amide bonds. The van der Waals surface area contributed by atoms with Crippen LogP contribution < -0.4 is 15.4 Å². The number of hydrogen-bond donors (Lipinski definition) is 1. The Kier molecular flexibility index (Phi) is 6.44. The molecule has 114 valence electrons. The normalized spacial score (nSPS) is 11.2. The number of nitrogen functional groups attached to an aromatic ring is 1. The third kappa shape index (κ3) is 5.56. The van der Waals surface area contributed by atoms with E-state index in [0.717, 1.165) is 26.1 Å². The molecule has 0 bridgehead atoms. The van der Waals surface area contributed by atoms with Gasteiger partial charge in [-0.3, -0.25) is 0 Å². The van der Waals surface area contributed by atoms with Crippen LogP contribution in [0.4, 0.5) is 11.9 Å². The molecule has 1 heterocycles. The number of nitrogens with zero attached hydrogens (tertiary/aromatic N) is 5. The summed E-state index contributed by atoms with van der Waals surface area (Å²) < 4.78 is 5.50. The molecule has 0 saturated heterocycles. The van der Waals surface area contributed by atoms with Gasteiger partial charge >= 0.3 is 6.01 Å². The lowest BCUT2D eigenvalue weighted by Crippen LogP contribution is -2.29. The van der Waals surface area contributed by atoms with Crippen molar-refractivity contribution in [3.05, 3.63) is 0 Å². The fraction of sp³-hybridized carbons (Fsp3) is 0.769. The maximum Gasteiger partial charge on any atom is 0.323 e. The van der Waals surface area contributed by atoms with E-state index >= 15 is 0 Å². The largest absolute Gasteiger partial charge is 0.461 e. The van der Waals surface area contributed by atoms with Crippen LogP contribution >= 0.6 is 0 Å². The van der Waals surface area contributed by atoms with Gasteiger partial charge in [0.2, 0.25) is 11.9 Å². The first-order chi connectivity index (χ1) is 9.42. The number of rotatable bonds is 8. The van der Waals surface area contributed by atoms with Gasteiger partial charge in [-0.25, -0.2) is 0 Å². The number of hydrogen-bond acceptors (Lipinski definition) is 7. The third-order valence-corrected chi connectivity index (χ3v) is 2.66. The van der Waals surface area contributed by atoms with E-state index in [1.807, 2.05) is 13.8 Å². The Morgan fingerprint density at radius 3 is 2.40 bits per heavy atom. The standard InChI is InChI=1S/C13H26N6O/c1-6-19(9-7-8-18(4)5)12-15-11(14)16-13(17-12)20-10(2)3/h10H,6-9H2,1-5H3,(H2,14,15,16,17). The van der Waals surface area contributed by atoms with Crippen LogP contribution in [0.1, 0.15) is 27.2 Å². The first-order valence-electron chi connectivity index (χ1n) is 7.00. The monoisotopic (exact) mass is 282 g/mol. The molecule has 1 rings (SSSR count). The average Bonchev–Trinajstić information content (AvgIpc) is 2.32. The highest BCUT2D eigenvalue weighted by molar-refractivity contribution is 5.35. The summed E-state index contributed by atoms with van der Waals surface area (Å²) in [6, 6.07) is 0.286. The van der Waals surface area contributed by atoms with Crippen LogP contribution in [0, 0.1) is 0 Å². The molecule has 0 spiro atoms.